The van der Waals surface area contributed by atoms with Crippen LogP contribution in [0.3, 0.4) is 0 Å². The van der Waals surface area contributed by atoms with Crippen LogP contribution in [0.5, 0.6) is 0 Å². The molecule has 0 N–H and O–H groups in total. The fourth-order valence-electron chi connectivity index (χ4n) is 2.38. The zero-order valence-corrected chi connectivity index (χ0v) is 14.0. The van der Waals surface area contributed by atoms with Crippen molar-refractivity contribution in [1.82, 2.24) is 9.97 Å². The first-order valence-electron chi connectivity index (χ1n) is 7.48. The molecule has 3 rings (SSSR count). The van der Waals surface area contributed by atoms with Gasteiger partial charge in [0.2, 0.25) is 0 Å². The molecule has 0 saturated carbocycles. The lowest BCUT2D eigenvalue weighted by Crippen LogP contribution is -2.41. The second-order valence-corrected chi connectivity index (χ2v) is 6.99. The molecule has 0 aromatic carbocycles. The van der Waals surface area contributed by atoms with Gasteiger partial charge >= 0.3 is 7.12 Å². The molecule has 5 nitrogen and oxygen atoms in total. The van der Waals surface area contributed by atoms with E-state index < -0.39 is 7.12 Å². The summed E-state index contributed by atoms with van der Waals surface area (Å²) in [6, 6.07) is 4.01. The molecule has 2 aromatic rings. The predicted octanol–water partition coefficient (Wildman–Crippen LogP) is 1.99. The van der Waals surface area contributed by atoms with Gasteiger partial charge in [-0.3, -0.25) is 4.98 Å². The Hall–Kier alpha value is -1.66. The van der Waals surface area contributed by atoms with E-state index in [9.17, 15) is 0 Å². The average molecular weight is 299 g/mol. The molecular weight excluding hydrogens is 277 g/mol. The largest absolute Gasteiger partial charge is 0.496 e. The second kappa shape index (κ2) is 4.93. The summed E-state index contributed by atoms with van der Waals surface area (Å²) in [4.78, 5) is 10.9. The summed E-state index contributed by atoms with van der Waals surface area (Å²) in [5, 5.41) is 0.984. The Morgan fingerprint density at radius 2 is 1.59 bits per heavy atom. The van der Waals surface area contributed by atoms with E-state index in [0.717, 1.165) is 22.2 Å². The van der Waals surface area contributed by atoms with Crippen molar-refractivity contribution in [3.05, 3.63) is 24.5 Å². The van der Waals surface area contributed by atoms with Crippen LogP contribution in [0.2, 0.25) is 0 Å². The molecule has 1 saturated heterocycles. The van der Waals surface area contributed by atoms with Crippen molar-refractivity contribution < 1.29 is 9.31 Å². The smallest absolute Gasteiger partial charge is 0.399 e. The lowest BCUT2D eigenvalue weighted by atomic mass is 9.80. The fourth-order valence-corrected chi connectivity index (χ4v) is 2.38. The molecule has 1 fully saturated rings. The Kier molecular flexibility index (Phi) is 3.42. The highest BCUT2D eigenvalue weighted by atomic mass is 16.7. The Morgan fingerprint density at radius 1 is 0.955 bits per heavy atom. The maximum atomic E-state index is 6.07. The SMILES string of the molecule is CN(C)c1cc2ncc(B3OC(C)(C)C(C)(C)O3)cc2cn1. The fraction of sp³-hybridized carbons (Fsp3) is 0.500. The summed E-state index contributed by atoms with van der Waals surface area (Å²) in [7, 11) is 3.54. The van der Waals surface area contributed by atoms with Gasteiger partial charge in [-0.2, -0.15) is 0 Å². The molecule has 6 heteroatoms. The number of hydrogen-bond acceptors (Lipinski definition) is 5. The number of aromatic nitrogens is 2. The van der Waals surface area contributed by atoms with Gasteiger partial charge in [-0.15, -0.1) is 0 Å². The molecule has 2 aromatic heterocycles. The van der Waals surface area contributed by atoms with Gasteiger partial charge in [0.15, 0.2) is 0 Å². The van der Waals surface area contributed by atoms with Crippen LogP contribution < -0.4 is 10.4 Å². The second-order valence-electron chi connectivity index (χ2n) is 6.99. The first-order valence-corrected chi connectivity index (χ1v) is 7.48. The highest BCUT2D eigenvalue weighted by Crippen LogP contribution is 2.36. The lowest BCUT2D eigenvalue weighted by molar-refractivity contribution is 0.00578. The molecular formula is C16H22BN3O2. The third-order valence-corrected chi connectivity index (χ3v) is 4.56. The van der Waals surface area contributed by atoms with E-state index in [-0.39, 0.29) is 11.2 Å². The Balaban J connectivity index is 1.95. The Morgan fingerprint density at radius 3 is 2.18 bits per heavy atom. The van der Waals surface area contributed by atoms with E-state index >= 15 is 0 Å². The van der Waals surface area contributed by atoms with Gasteiger partial charge in [0, 0.05) is 43.4 Å². The van der Waals surface area contributed by atoms with Crippen LogP contribution in [0.25, 0.3) is 10.9 Å². The minimum absolute atomic E-state index is 0.348. The molecule has 1 aliphatic rings. The Bertz CT molecular complexity index is 700. The number of nitrogens with zero attached hydrogens (tertiary/aromatic N) is 3. The van der Waals surface area contributed by atoms with Gasteiger partial charge in [0.1, 0.15) is 5.82 Å². The molecule has 0 amide bonds. The van der Waals surface area contributed by atoms with Crippen LogP contribution in [0.1, 0.15) is 27.7 Å². The standard InChI is InChI=1S/C16H22BN3O2/c1-15(2)16(3,4)22-17(21-15)12-7-11-9-19-14(20(5)6)8-13(11)18-10-12/h7-10H,1-6H3. The topological polar surface area (TPSA) is 47.5 Å². The van der Waals surface area contributed by atoms with Crippen molar-refractivity contribution in [2.75, 3.05) is 19.0 Å². The van der Waals surface area contributed by atoms with Gasteiger partial charge in [0.05, 0.1) is 16.7 Å². The van der Waals surface area contributed by atoms with Crippen molar-refractivity contribution in [2.24, 2.45) is 0 Å². The van der Waals surface area contributed by atoms with Gasteiger partial charge < -0.3 is 14.2 Å². The van der Waals surface area contributed by atoms with E-state index in [0.29, 0.717) is 0 Å². The summed E-state index contributed by atoms with van der Waals surface area (Å²) in [5.74, 6) is 0.892. The number of anilines is 1. The van der Waals surface area contributed by atoms with Crippen molar-refractivity contribution in [3.8, 4) is 0 Å². The van der Waals surface area contributed by atoms with Crippen molar-refractivity contribution in [2.45, 2.75) is 38.9 Å². The van der Waals surface area contributed by atoms with Crippen molar-refractivity contribution in [3.63, 3.8) is 0 Å². The number of hydrogen-bond donors (Lipinski definition) is 0. The molecule has 0 bridgehead atoms. The zero-order valence-electron chi connectivity index (χ0n) is 14.0. The summed E-state index contributed by atoms with van der Waals surface area (Å²) < 4.78 is 12.1. The highest BCUT2D eigenvalue weighted by Gasteiger charge is 2.51. The molecule has 1 aliphatic heterocycles. The van der Waals surface area contributed by atoms with Crippen molar-refractivity contribution in [1.29, 1.82) is 0 Å². The summed E-state index contributed by atoms with van der Waals surface area (Å²) >= 11 is 0. The minimum Gasteiger partial charge on any atom is -0.399 e. The molecule has 0 unspecified atom stereocenters. The van der Waals surface area contributed by atoms with E-state index in [1.165, 1.54) is 0 Å². The van der Waals surface area contributed by atoms with Crippen LogP contribution in [0, 0.1) is 0 Å². The highest BCUT2D eigenvalue weighted by molar-refractivity contribution is 6.62. The van der Waals surface area contributed by atoms with E-state index in [4.69, 9.17) is 9.31 Å². The van der Waals surface area contributed by atoms with Gasteiger partial charge in [-0.25, -0.2) is 4.98 Å². The first-order chi connectivity index (χ1) is 10.2. The van der Waals surface area contributed by atoms with Crippen LogP contribution in [0.15, 0.2) is 24.5 Å². The lowest BCUT2D eigenvalue weighted by Gasteiger charge is -2.32. The van der Waals surface area contributed by atoms with E-state index in [1.54, 1.807) is 0 Å². The molecule has 116 valence electrons. The van der Waals surface area contributed by atoms with Crippen molar-refractivity contribution >= 4 is 29.3 Å². The van der Waals surface area contributed by atoms with Crippen LogP contribution >= 0.6 is 0 Å². The van der Waals surface area contributed by atoms with E-state index in [2.05, 4.69) is 9.97 Å². The average Bonchev–Trinajstić information content (AvgIpc) is 2.66. The number of pyridine rings is 2. The first kappa shape index (κ1) is 15.2. The van der Waals surface area contributed by atoms with Crippen LogP contribution in [-0.2, 0) is 9.31 Å². The molecule has 3 heterocycles. The van der Waals surface area contributed by atoms with Crippen LogP contribution in [-0.4, -0.2) is 42.4 Å². The molecule has 0 atom stereocenters. The number of rotatable bonds is 2. The quantitative estimate of drug-likeness (QED) is 0.794. The molecule has 22 heavy (non-hydrogen) atoms. The third-order valence-electron chi connectivity index (χ3n) is 4.56. The van der Waals surface area contributed by atoms with Gasteiger partial charge in [-0.1, -0.05) is 0 Å². The van der Waals surface area contributed by atoms with E-state index in [1.807, 2.05) is 71.2 Å². The summed E-state index contributed by atoms with van der Waals surface area (Å²) in [5.41, 5.74) is 1.14. The maximum Gasteiger partial charge on any atom is 0.496 e. The van der Waals surface area contributed by atoms with Gasteiger partial charge in [0.25, 0.3) is 0 Å². The third kappa shape index (κ3) is 2.46. The monoisotopic (exact) mass is 299 g/mol. The summed E-state index contributed by atoms with van der Waals surface area (Å²) in [6.07, 6.45) is 3.66. The van der Waals surface area contributed by atoms with Crippen LogP contribution in [0.4, 0.5) is 5.82 Å². The summed E-state index contributed by atoms with van der Waals surface area (Å²) in [6.45, 7) is 8.19. The normalized spacial score (nSPS) is 19.6. The molecule has 0 spiro atoms. The maximum absolute atomic E-state index is 6.07. The number of fused-ring (bicyclic) bond motifs is 1. The zero-order chi connectivity index (χ0) is 16.1. The van der Waals surface area contributed by atoms with Gasteiger partial charge in [-0.05, 0) is 33.8 Å². The predicted molar refractivity (Wildman–Crippen MR) is 89.6 cm³/mol. The molecule has 0 radical (unpaired) electrons. The minimum atomic E-state index is -0.393. The molecule has 0 aliphatic carbocycles. The Labute approximate surface area is 131 Å².